The molecular weight excluding hydrogens is 260 g/mol. The summed E-state index contributed by atoms with van der Waals surface area (Å²) in [7, 11) is 1.61. The largest absolute Gasteiger partial charge is 0.480 e. The number of amides is 2. The number of carbonyl (C=O) groups is 2. The second kappa shape index (κ2) is 6.92. The van der Waals surface area contributed by atoms with Gasteiger partial charge in [-0.1, -0.05) is 6.92 Å². The lowest BCUT2D eigenvalue weighted by molar-refractivity contribution is -0.146. The molecule has 1 unspecified atom stereocenters. The first-order valence-electron chi connectivity index (χ1n) is 7.21. The van der Waals surface area contributed by atoms with Gasteiger partial charge in [0.2, 0.25) is 0 Å². The number of aliphatic carboxylic acids is 1. The second-order valence-corrected chi connectivity index (χ2v) is 6.06. The number of carboxylic acid groups (broad SMARTS) is 1. The average Bonchev–Trinajstić information content (AvgIpc) is 2.38. The summed E-state index contributed by atoms with van der Waals surface area (Å²) >= 11 is 0. The molecule has 1 atom stereocenters. The van der Waals surface area contributed by atoms with Gasteiger partial charge in [0.15, 0.2) is 0 Å². The highest BCUT2D eigenvalue weighted by Crippen LogP contribution is 2.32. The molecule has 6 heteroatoms. The van der Waals surface area contributed by atoms with E-state index in [-0.39, 0.29) is 6.03 Å². The number of rotatable bonds is 5. The van der Waals surface area contributed by atoms with Crippen molar-refractivity contribution in [3.8, 4) is 0 Å². The minimum atomic E-state index is -1.14. The van der Waals surface area contributed by atoms with E-state index in [1.54, 1.807) is 14.0 Å². The molecule has 0 radical (unpaired) electrons. The molecule has 1 rings (SSSR count). The van der Waals surface area contributed by atoms with Crippen LogP contribution in [0.25, 0.3) is 0 Å². The first-order chi connectivity index (χ1) is 9.27. The van der Waals surface area contributed by atoms with Crippen molar-refractivity contribution in [1.29, 1.82) is 0 Å². The lowest BCUT2D eigenvalue weighted by Crippen LogP contribution is -2.58. The molecule has 0 aromatic heterocycles. The summed E-state index contributed by atoms with van der Waals surface area (Å²) in [6.45, 7) is 4.16. The Morgan fingerprint density at radius 2 is 1.95 bits per heavy atom. The summed E-state index contributed by atoms with van der Waals surface area (Å²) in [5, 5.41) is 21.4. The molecule has 116 valence electrons. The topological polar surface area (TPSA) is 89.9 Å². The van der Waals surface area contributed by atoms with Crippen molar-refractivity contribution in [3.63, 3.8) is 0 Å². The molecule has 0 bridgehead atoms. The third-order valence-electron chi connectivity index (χ3n) is 4.11. The quantitative estimate of drug-likeness (QED) is 0.713. The van der Waals surface area contributed by atoms with Crippen molar-refractivity contribution in [2.24, 2.45) is 5.92 Å². The molecule has 1 fully saturated rings. The van der Waals surface area contributed by atoms with Crippen molar-refractivity contribution >= 4 is 12.0 Å². The lowest BCUT2D eigenvalue weighted by atomic mass is 9.77. The molecule has 1 saturated carbocycles. The van der Waals surface area contributed by atoms with E-state index in [0.29, 0.717) is 31.7 Å². The van der Waals surface area contributed by atoms with Gasteiger partial charge in [-0.05, 0) is 44.9 Å². The monoisotopic (exact) mass is 286 g/mol. The van der Waals surface area contributed by atoms with Crippen molar-refractivity contribution in [1.82, 2.24) is 10.2 Å². The molecule has 20 heavy (non-hydrogen) atoms. The van der Waals surface area contributed by atoms with E-state index in [1.165, 1.54) is 4.90 Å². The van der Waals surface area contributed by atoms with Crippen LogP contribution in [0, 0.1) is 5.92 Å². The van der Waals surface area contributed by atoms with E-state index < -0.39 is 17.6 Å². The summed E-state index contributed by atoms with van der Waals surface area (Å²) in [5.41, 5.74) is -1.14. The number of aliphatic hydroxyl groups excluding tert-OH is 1. The maximum absolute atomic E-state index is 12.1. The number of urea groups is 1. The number of nitrogens with one attached hydrogen (secondary N) is 1. The van der Waals surface area contributed by atoms with Crippen molar-refractivity contribution < 1.29 is 19.8 Å². The smallest absolute Gasteiger partial charge is 0.329 e. The molecule has 0 saturated heterocycles. The third kappa shape index (κ3) is 4.37. The Hall–Kier alpha value is -1.30. The van der Waals surface area contributed by atoms with Crippen molar-refractivity contribution in [3.05, 3.63) is 0 Å². The lowest BCUT2D eigenvalue weighted by Gasteiger charge is -2.37. The van der Waals surface area contributed by atoms with E-state index in [2.05, 4.69) is 12.2 Å². The third-order valence-corrected chi connectivity index (χ3v) is 4.11. The fourth-order valence-electron chi connectivity index (χ4n) is 2.43. The maximum atomic E-state index is 12.1. The van der Waals surface area contributed by atoms with Gasteiger partial charge in [-0.25, -0.2) is 9.59 Å². The van der Waals surface area contributed by atoms with Crippen LogP contribution in [0.4, 0.5) is 4.79 Å². The van der Waals surface area contributed by atoms with E-state index in [1.807, 2.05) is 0 Å². The van der Waals surface area contributed by atoms with Crippen LogP contribution in [0.15, 0.2) is 0 Å². The number of hydrogen-bond donors (Lipinski definition) is 3. The first kappa shape index (κ1) is 16.8. The molecule has 0 heterocycles. The maximum Gasteiger partial charge on any atom is 0.329 e. The molecule has 0 aromatic carbocycles. The van der Waals surface area contributed by atoms with Crippen molar-refractivity contribution in [2.45, 2.75) is 57.6 Å². The highest BCUT2D eigenvalue weighted by Gasteiger charge is 2.42. The molecule has 0 aliphatic heterocycles. The summed E-state index contributed by atoms with van der Waals surface area (Å²) in [6, 6.07) is -0.386. The number of nitrogens with zero attached hydrogens (tertiary/aromatic N) is 1. The molecule has 2 amide bonds. The predicted octanol–water partition coefficient (Wildman–Crippen LogP) is 1.43. The molecule has 1 aliphatic rings. The van der Waals surface area contributed by atoms with Crippen LogP contribution >= 0.6 is 0 Å². The molecular formula is C14H26N2O4. The SMILES string of the molecule is CC(O)CCN(C)C(=O)NC1(C(=O)O)CCC(C)CC1. The second-order valence-electron chi connectivity index (χ2n) is 6.06. The average molecular weight is 286 g/mol. The molecule has 3 N–H and O–H groups in total. The first-order valence-corrected chi connectivity index (χ1v) is 7.21. The van der Waals surface area contributed by atoms with E-state index in [9.17, 15) is 19.8 Å². The van der Waals surface area contributed by atoms with E-state index in [0.717, 1.165) is 12.8 Å². The zero-order chi connectivity index (χ0) is 15.3. The molecule has 1 aliphatic carbocycles. The van der Waals surface area contributed by atoms with Crippen LogP contribution in [-0.2, 0) is 4.79 Å². The van der Waals surface area contributed by atoms with Crippen LogP contribution in [0.3, 0.4) is 0 Å². The van der Waals surface area contributed by atoms with Gasteiger partial charge < -0.3 is 20.4 Å². The molecule has 0 aromatic rings. The van der Waals surface area contributed by atoms with Gasteiger partial charge in [0, 0.05) is 13.6 Å². The Kier molecular flexibility index (Phi) is 5.80. The zero-order valence-electron chi connectivity index (χ0n) is 12.6. The number of aliphatic hydroxyl groups is 1. The Labute approximate surface area is 120 Å². The minimum absolute atomic E-state index is 0.386. The Morgan fingerprint density at radius 3 is 2.40 bits per heavy atom. The van der Waals surface area contributed by atoms with E-state index >= 15 is 0 Å². The van der Waals surface area contributed by atoms with Crippen molar-refractivity contribution in [2.75, 3.05) is 13.6 Å². The summed E-state index contributed by atoms with van der Waals surface area (Å²) in [4.78, 5) is 25.0. The number of carbonyl (C=O) groups excluding carboxylic acids is 1. The highest BCUT2D eigenvalue weighted by molar-refractivity contribution is 5.86. The summed E-state index contributed by atoms with van der Waals surface area (Å²) in [6.07, 6.45) is 2.56. The molecule has 6 nitrogen and oxygen atoms in total. The predicted molar refractivity (Wildman–Crippen MR) is 75.5 cm³/mol. The van der Waals surface area contributed by atoms with Crippen LogP contribution in [0.1, 0.15) is 46.0 Å². The van der Waals surface area contributed by atoms with Gasteiger partial charge in [-0.2, -0.15) is 0 Å². The van der Waals surface area contributed by atoms with Gasteiger partial charge in [0.05, 0.1) is 6.10 Å². The highest BCUT2D eigenvalue weighted by atomic mass is 16.4. The molecule has 0 spiro atoms. The fraction of sp³-hybridized carbons (Fsp3) is 0.857. The Morgan fingerprint density at radius 1 is 1.40 bits per heavy atom. The summed E-state index contributed by atoms with van der Waals surface area (Å²) < 4.78 is 0. The van der Waals surface area contributed by atoms with Crippen LogP contribution < -0.4 is 5.32 Å². The van der Waals surface area contributed by atoms with Crippen LogP contribution in [0.2, 0.25) is 0 Å². The van der Waals surface area contributed by atoms with Crippen LogP contribution in [0.5, 0.6) is 0 Å². The van der Waals surface area contributed by atoms with Gasteiger partial charge in [0.25, 0.3) is 0 Å². The standard InChI is InChI=1S/C14H26N2O4/c1-10-4-7-14(8-5-10,12(18)19)15-13(20)16(3)9-6-11(2)17/h10-11,17H,4-9H2,1-3H3,(H,15,20)(H,18,19). The van der Waals surface area contributed by atoms with Gasteiger partial charge in [0.1, 0.15) is 5.54 Å². The number of hydrogen-bond acceptors (Lipinski definition) is 3. The normalized spacial score (nSPS) is 27.7. The van der Waals surface area contributed by atoms with Gasteiger partial charge in [-0.3, -0.25) is 0 Å². The summed E-state index contributed by atoms with van der Waals surface area (Å²) in [5.74, 6) is -0.450. The fourth-order valence-corrected chi connectivity index (χ4v) is 2.43. The Balaban J connectivity index is 2.62. The van der Waals surface area contributed by atoms with E-state index in [4.69, 9.17) is 0 Å². The minimum Gasteiger partial charge on any atom is -0.480 e. The van der Waals surface area contributed by atoms with Crippen LogP contribution in [-0.4, -0.2) is 52.3 Å². The number of carboxylic acids is 1. The Bertz CT molecular complexity index is 349. The van der Waals surface area contributed by atoms with Gasteiger partial charge in [-0.15, -0.1) is 0 Å². The van der Waals surface area contributed by atoms with Gasteiger partial charge >= 0.3 is 12.0 Å². The zero-order valence-corrected chi connectivity index (χ0v) is 12.6.